The van der Waals surface area contributed by atoms with Gasteiger partial charge in [0.2, 0.25) is 0 Å². The fourth-order valence-corrected chi connectivity index (χ4v) is 7.72. The van der Waals surface area contributed by atoms with E-state index in [4.69, 9.17) is 0 Å². The van der Waals surface area contributed by atoms with Crippen molar-refractivity contribution < 1.29 is 9.13 Å². The van der Waals surface area contributed by atoms with Crippen molar-refractivity contribution in [3.8, 4) is 34.2 Å². The lowest BCUT2D eigenvalue weighted by molar-refractivity contribution is -0.659. The summed E-state index contributed by atoms with van der Waals surface area (Å²) >= 11 is 0. The summed E-state index contributed by atoms with van der Waals surface area (Å²) in [5, 5.41) is 0. The number of aryl methyl sites for hydroxylation is 4. The third-order valence-corrected chi connectivity index (χ3v) is 10.4. The van der Waals surface area contributed by atoms with E-state index in [1.807, 2.05) is 0 Å². The highest BCUT2D eigenvalue weighted by molar-refractivity contribution is 5.66. The first-order chi connectivity index (χ1) is 24.0. The number of aromatic nitrogens is 4. The smallest absolute Gasteiger partial charge is 0.232 e. The molecule has 0 aliphatic carbocycles. The van der Waals surface area contributed by atoms with E-state index in [0.29, 0.717) is 23.7 Å². The van der Waals surface area contributed by atoms with Gasteiger partial charge in [-0.25, -0.2) is 9.13 Å². The fraction of sp³-hybridized carbons (Fsp3) is 0.348. The van der Waals surface area contributed by atoms with Crippen LogP contribution in [0.15, 0.2) is 110 Å². The summed E-state index contributed by atoms with van der Waals surface area (Å²) in [7, 11) is 4.36. The molecule has 0 saturated carbocycles. The molecule has 4 aromatic carbocycles. The van der Waals surface area contributed by atoms with Crippen molar-refractivity contribution in [2.45, 2.75) is 91.9 Å². The van der Waals surface area contributed by atoms with Gasteiger partial charge in [-0.3, -0.25) is 0 Å². The van der Waals surface area contributed by atoms with E-state index >= 15 is 0 Å². The lowest BCUT2D eigenvalue weighted by Crippen LogP contribution is -2.30. The van der Waals surface area contributed by atoms with Gasteiger partial charge in [0.25, 0.3) is 11.6 Å². The third kappa shape index (κ3) is 6.61. The molecule has 4 nitrogen and oxygen atoms in total. The van der Waals surface area contributed by atoms with Crippen LogP contribution in [0.5, 0.6) is 0 Å². The maximum atomic E-state index is 2.45. The lowest BCUT2D eigenvalue weighted by Gasteiger charge is -2.19. The van der Waals surface area contributed by atoms with Crippen LogP contribution in [0.2, 0.25) is 0 Å². The number of benzene rings is 4. The summed E-state index contributed by atoms with van der Waals surface area (Å²) in [5.74, 6) is 4.10. The predicted molar refractivity (Wildman–Crippen MR) is 209 cm³/mol. The summed E-state index contributed by atoms with van der Waals surface area (Å²) < 4.78 is 9.48. The Morgan fingerprint density at radius 1 is 0.440 bits per heavy atom. The largest absolute Gasteiger partial charge is 0.294 e. The van der Waals surface area contributed by atoms with Gasteiger partial charge >= 0.3 is 0 Å². The zero-order chi connectivity index (χ0) is 35.7. The first-order valence-electron chi connectivity index (χ1n) is 18.6. The summed E-state index contributed by atoms with van der Waals surface area (Å²) in [6, 6.07) is 31.7. The summed E-state index contributed by atoms with van der Waals surface area (Å²) in [5.41, 5.74) is 13.5. The van der Waals surface area contributed by atoms with Gasteiger partial charge < -0.3 is 0 Å². The van der Waals surface area contributed by atoms with Crippen molar-refractivity contribution in [2.75, 3.05) is 0 Å². The first-order valence-corrected chi connectivity index (χ1v) is 18.6. The molecule has 0 aliphatic heterocycles. The van der Waals surface area contributed by atoms with Crippen molar-refractivity contribution in [3.63, 3.8) is 0 Å². The van der Waals surface area contributed by atoms with E-state index < -0.39 is 0 Å². The first kappa shape index (κ1) is 35.1. The van der Waals surface area contributed by atoms with Crippen LogP contribution >= 0.6 is 0 Å². The molecule has 6 rings (SSSR count). The molecule has 0 bridgehead atoms. The topological polar surface area (TPSA) is 17.6 Å². The van der Waals surface area contributed by atoms with Crippen LogP contribution in [0.1, 0.15) is 112 Å². The van der Waals surface area contributed by atoms with Gasteiger partial charge in [0.15, 0.2) is 0 Å². The number of imidazole rings is 2. The molecule has 0 spiro atoms. The highest BCUT2D eigenvalue weighted by atomic mass is 15.2. The van der Waals surface area contributed by atoms with Crippen molar-refractivity contribution >= 4 is 0 Å². The third-order valence-electron chi connectivity index (χ3n) is 10.4. The van der Waals surface area contributed by atoms with Crippen LogP contribution in [0.3, 0.4) is 0 Å². The van der Waals surface area contributed by atoms with E-state index in [2.05, 4.69) is 197 Å². The lowest BCUT2D eigenvalue weighted by atomic mass is 9.91. The Bertz CT molecular complexity index is 1900. The maximum Gasteiger partial charge on any atom is 0.294 e. The van der Waals surface area contributed by atoms with Gasteiger partial charge in [-0.1, -0.05) is 128 Å². The highest BCUT2D eigenvalue weighted by Crippen LogP contribution is 2.36. The SMILES string of the molecule is CC(C)c1cccc(C(C)C)c1-n1cc[n+](C)c1-c1ccccc1CCc1ccccc1-c1n(-c2c(C(C)C)cccc2C(C)C)cc[n+]1C. The Morgan fingerprint density at radius 3 is 1.08 bits per heavy atom. The monoisotopic (exact) mass is 664 g/mol. The maximum absolute atomic E-state index is 2.45. The zero-order valence-corrected chi connectivity index (χ0v) is 31.9. The van der Waals surface area contributed by atoms with E-state index in [1.165, 1.54) is 67.5 Å². The Hall–Kier alpha value is -4.70. The van der Waals surface area contributed by atoms with Gasteiger partial charge in [-0.15, -0.1) is 0 Å². The van der Waals surface area contributed by atoms with Gasteiger partial charge in [0, 0.05) is 22.3 Å². The molecule has 0 unspecified atom stereocenters. The number of hydrogen-bond donors (Lipinski definition) is 0. The van der Waals surface area contributed by atoms with Crippen LogP contribution < -0.4 is 9.13 Å². The molecule has 50 heavy (non-hydrogen) atoms. The van der Waals surface area contributed by atoms with Gasteiger partial charge in [0.05, 0.1) is 25.2 Å². The molecule has 0 radical (unpaired) electrons. The minimum absolute atomic E-state index is 0.417. The number of rotatable bonds is 11. The van der Waals surface area contributed by atoms with E-state index in [0.717, 1.165) is 12.8 Å². The second kappa shape index (κ2) is 14.6. The van der Waals surface area contributed by atoms with E-state index in [-0.39, 0.29) is 0 Å². The summed E-state index contributed by atoms with van der Waals surface area (Å²) in [4.78, 5) is 0. The average molecular weight is 665 g/mol. The molecule has 6 aromatic rings. The van der Waals surface area contributed by atoms with Crippen LogP contribution in [-0.2, 0) is 26.9 Å². The van der Waals surface area contributed by atoms with Gasteiger partial charge in [-0.05, 0) is 59.8 Å². The standard InChI is InChI=1S/C46H56N4/c1-31(2)37-21-15-22-38(32(3)4)43(37)49-29-27-47(9)45(49)41-19-13-11-17-35(41)25-26-36-18-12-14-20-42(36)46-48(10)28-30-50(46)44-39(33(5)6)23-16-24-40(44)34(7)8/h11-24,27-34H,25-26H2,1-10H3/q+2. The molecule has 0 amide bonds. The van der Waals surface area contributed by atoms with Crippen LogP contribution in [-0.4, -0.2) is 9.13 Å². The molecule has 0 atom stereocenters. The van der Waals surface area contributed by atoms with Crippen molar-refractivity contribution in [1.82, 2.24) is 9.13 Å². The molecular formula is C46H56N4+2. The summed E-state index contributed by atoms with van der Waals surface area (Å²) in [6.07, 6.45) is 10.8. The highest BCUT2D eigenvalue weighted by Gasteiger charge is 2.29. The molecule has 258 valence electrons. The number of hydrogen-bond acceptors (Lipinski definition) is 0. The molecule has 0 N–H and O–H groups in total. The normalized spacial score (nSPS) is 11.9. The molecule has 0 aliphatic rings. The fourth-order valence-electron chi connectivity index (χ4n) is 7.72. The quantitative estimate of drug-likeness (QED) is 0.123. The van der Waals surface area contributed by atoms with Crippen LogP contribution in [0.4, 0.5) is 0 Å². The second-order valence-corrected chi connectivity index (χ2v) is 15.2. The molecule has 0 saturated heterocycles. The van der Waals surface area contributed by atoms with Crippen molar-refractivity contribution in [1.29, 1.82) is 0 Å². The zero-order valence-electron chi connectivity index (χ0n) is 31.9. The second-order valence-electron chi connectivity index (χ2n) is 15.2. The van der Waals surface area contributed by atoms with Crippen LogP contribution in [0.25, 0.3) is 34.2 Å². The number of para-hydroxylation sites is 2. The van der Waals surface area contributed by atoms with Crippen LogP contribution in [0, 0.1) is 0 Å². The van der Waals surface area contributed by atoms with E-state index in [9.17, 15) is 0 Å². The predicted octanol–water partition coefficient (Wildman–Crippen LogP) is 10.5. The number of nitrogens with zero attached hydrogens (tertiary/aromatic N) is 4. The Balaban J connectivity index is 1.43. The molecule has 4 heteroatoms. The minimum Gasteiger partial charge on any atom is -0.232 e. The van der Waals surface area contributed by atoms with Gasteiger partial charge in [0.1, 0.15) is 36.2 Å². The average Bonchev–Trinajstić information content (AvgIpc) is 3.68. The van der Waals surface area contributed by atoms with Gasteiger partial charge in [-0.2, -0.15) is 9.13 Å². The minimum atomic E-state index is 0.417. The van der Waals surface area contributed by atoms with Crippen molar-refractivity contribution in [2.24, 2.45) is 14.1 Å². The molecule has 2 heterocycles. The Kier molecular flexibility index (Phi) is 10.3. The molecule has 0 fully saturated rings. The van der Waals surface area contributed by atoms with Crippen molar-refractivity contribution in [3.05, 3.63) is 143 Å². The molecule has 2 aromatic heterocycles. The summed E-state index contributed by atoms with van der Waals surface area (Å²) in [6.45, 7) is 18.4. The Morgan fingerprint density at radius 2 is 0.760 bits per heavy atom. The van der Waals surface area contributed by atoms with E-state index in [1.54, 1.807) is 0 Å². The molecular weight excluding hydrogens is 609 g/mol. The Labute approximate surface area is 300 Å².